The van der Waals surface area contributed by atoms with Gasteiger partial charge in [0.1, 0.15) is 0 Å². The molecule has 0 saturated carbocycles. The fourth-order valence-corrected chi connectivity index (χ4v) is 1.64. The fourth-order valence-electron chi connectivity index (χ4n) is 1.64. The molecule has 102 valence electrons. The van der Waals surface area contributed by atoms with Gasteiger partial charge < -0.3 is 16.0 Å². The molecule has 17 heavy (non-hydrogen) atoms. The third-order valence-corrected chi connectivity index (χ3v) is 3.03. The highest BCUT2D eigenvalue weighted by Crippen LogP contribution is 2.17. The Labute approximate surface area is 106 Å². The first kappa shape index (κ1) is 16.4. The van der Waals surface area contributed by atoms with E-state index in [0.717, 1.165) is 19.6 Å². The number of hydrogen-bond acceptors (Lipinski definition) is 3. The Morgan fingerprint density at radius 1 is 1.29 bits per heavy atom. The summed E-state index contributed by atoms with van der Waals surface area (Å²) in [6.45, 7) is 15.1. The molecule has 0 aliphatic rings. The minimum atomic E-state index is -0.457. The Hall–Kier alpha value is -0.610. The Bertz CT molecular complexity index is 231. The number of carbonyl (C=O) groups is 1. The molecule has 0 bridgehead atoms. The Kier molecular flexibility index (Phi) is 6.72. The second-order valence-electron chi connectivity index (χ2n) is 5.74. The number of hydrogen-bond donors (Lipinski definition) is 2. The normalized spacial score (nSPS) is 15.8. The molecule has 0 aromatic heterocycles. The summed E-state index contributed by atoms with van der Waals surface area (Å²) in [7, 11) is 0. The van der Waals surface area contributed by atoms with Gasteiger partial charge in [-0.05, 0) is 25.4 Å². The van der Waals surface area contributed by atoms with Crippen molar-refractivity contribution >= 4 is 5.91 Å². The predicted octanol–water partition coefficient (Wildman–Crippen LogP) is 1.21. The molecule has 0 aliphatic heterocycles. The Balaban J connectivity index is 4.21. The molecule has 0 rings (SSSR count). The molecule has 3 N–H and O–H groups in total. The predicted molar refractivity (Wildman–Crippen MR) is 72.8 cm³/mol. The fraction of sp³-hybridized carbons (Fsp3) is 0.923. The average Bonchev–Trinajstić information content (AvgIpc) is 2.23. The number of nitrogens with zero attached hydrogens (tertiary/aromatic N) is 1. The molecule has 0 heterocycles. The first-order chi connectivity index (χ1) is 7.72. The molecule has 0 aromatic rings. The number of nitrogens with two attached hydrogens (primary N) is 1. The topological polar surface area (TPSA) is 58.4 Å². The van der Waals surface area contributed by atoms with E-state index < -0.39 is 6.04 Å². The van der Waals surface area contributed by atoms with Gasteiger partial charge in [0.25, 0.3) is 0 Å². The average molecular weight is 243 g/mol. The summed E-state index contributed by atoms with van der Waals surface area (Å²) < 4.78 is 0. The van der Waals surface area contributed by atoms with Gasteiger partial charge in [-0.1, -0.05) is 34.6 Å². The molecule has 4 nitrogen and oxygen atoms in total. The van der Waals surface area contributed by atoms with Crippen molar-refractivity contribution in [3.63, 3.8) is 0 Å². The maximum absolute atomic E-state index is 11.9. The largest absolute Gasteiger partial charge is 0.351 e. The van der Waals surface area contributed by atoms with Crippen LogP contribution in [0.1, 0.15) is 41.5 Å². The third kappa shape index (κ3) is 6.03. The van der Waals surface area contributed by atoms with E-state index in [9.17, 15) is 4.79 Å². The van der Waals surface area contributed by atoms with E-state index in [1.54, 1.807) is 0 Å². The van der Waals surface area contributed by atoms with Crippen LogP contribution < -0.4 is 11.1 Å². The van der Waals surface area contributed by atoms with E-state index in [1.807, 2.05) is 27.7 Å². The highest BCUT2D eigenvalue weighted by molar-refractivity contribution is 5.82. The lowest BCUT2D eigenvalue weighted by molar-refractivity contribution is -0.125. The quantitative estimate of drug-likeness (QED) is 0.737. The van der Waals surface area contributed by atoms with Gasteiger partial charge in [0, 0.05) is 12.6 Å². The van der Waals surface area contributed by atoms with Gasteiger partial charge in [-0.3, -0.25) is 4.79 Å². The first-order valence-corrected chi connectivity index (χ1v) is 6.50. The summed E-state index contributed by atoms with van der Waals surface area (Å²) in [6, 6.07) is -0.322. The van der Waals surface area contributed by atoms with Crippen molar-refractivity contribution in [1.29, 1.82) is 0 Å². The van der Waals surface area contributed by atoms with Crippen LogP contribution in [0.4, 0.5) is 0 Å². The van der Waals surface area contributed by atoms with Crippen molar-refractivity contribution in [3.8, 4) is 0 Å². The minimum absolute atomic E-state index is 0.0582. The van der Waals surface area contributed by atoms with Crippen molar-refractivity contribution in [2.45, 2.75) is 53.6 Å². The highest BCUT2D eigenvalue weighted by Gasteiger charge is 2.28. The SMILES string of the molecule is CCN(CC)CC(C)NC(=O)[C@@H](N)C(C)(C)C. The molecule has 2 atom stereocenters. The maximum Gasteiger partial charge on any atom is 0.237 e. The monoisotopic (exact) mass is 243 g/mol. The van der Waals surface area contributed by atoms with E-state index in [1.165, 1.54) is 0 Å². The lowest BCUT2D eigenvalue weighted by Gasteiger charge is -2.29. The summed E-state index contributed by atoms with van der Waals surface area (Å²) in [6.07, 6.45) is 0. The van der Waals surface area contributed by atoms with Crippen LogP contribution in [-0.4, -0.2) is 42.5 Å². The van der Waals surface area contributed by atoms with E-state index in [-0.39, 0.29) is 17.4 Å². The number of amides is 1. The zero-order valence-corrected chi connectivity index (χ0v) is 12.2. The zero-order valence-electron chi connectivity index (χ0n) is 12.2. The standard InChI is InChI=1S/C13H29N3O/c1-7-16(8-2)9-10(3)15-12(17)11(14)13(4,5)6/h10-11H,7-9,14H2,1-6H3,(H,15,17)/t10?,11-/m1/s1. The number of likely N-dealkylation sites (N-methyl/N-ethyl adjacent to an activating group) is 1. The van der Waals surface area contributed by atoms with Crippen LogP contribution in [0.25, 0.3) is 0 Å². The van der Waals surface area contributed by atoms with Crippen molar-refractivity contribution in [1.82, 2.24) is 10.2 Å². The van der Waals surface area contributed by atoms with Crippen molar-refractivity contribution in [2.24, 2.45) is 11.1 Å². The molecule has 0 aromatic carbocycles. The van der Waals surface area contributed by atoms with Gasteiger partial charge in [-0.25, -0.2) is 0 Å². The van der Waals surface area contributed by atoms with Crippen LogP contribution in [0.2, 0.25) is 0 Å². The smallest absolute Gasteiger partial charge is 0.237 e. The number of nitrogens with one attached hydrogen (secondary N) is 1. The molecular weight excluding hydrogens is 214 g/mol. The van der Waals surface area contributed by atoms with E-state index in [4.69, 9.17) is 5.73 Å². The van der Waals surface area contributed by atoms with E-state index >= 15 is 0 Å². The molecule has 4 heteroatoms. The van der Waals surface area contributed by atoms with E-state index in [0.29, 0.717) is 0 Å². The minimum Gasteiger partial charge on any atom is -0.351 e. The summed E-state index contributed by atoms with van der Waals surface area (Å²) in [5, 5.41) is 2.98. The van der Waals surface area contributed by atoms with E-state index in [2.05, 4.69) is 24.1 Å². The lowest BCUT2D eigenvalue weighted by atomic mass is 9.87. The van der Waals surface area contributed by atoms with Gasteiger partial charge in [-0.2, -0.15) is 0 Å². The van der Waals surface area contributed by atoms with Crippen molar-refractivity contribution in [2.75, 3.05) is 19.6 Å². The molecule has 1 unspecified atom stereocenters. The van der Waals surface area contributed by atoms with Gasteiger partial charge in [-0.15, -0.1) is 0 Å². The number of rotatable bonds is 6. The van der Waals surface area contributed by atoms with Crippen LogP contribution in [0.15, 0.2) is 0 Å². The second-order valence-corrected chi connectivity index (χ2v) is 5.74. The summed E-state index contributed by atoms with van der Waals surface area (Å²) in [5.74, 6) is -0.0582. The summed E-state index contributed by atoms with van der Waals surface area (Å²) in [4.78, 5) is 14.2. The highest BCUT2D eigenvalue weighted by atomic mass is 16.2. The van der Waals surface area contributed by atoms with Gasteiger partial charge >= 0.3 is 0 Å². The lowest BCUT2D eigenvalue weighted by Crippen LogP contribution is -2.52. The first-order valence-electron chi connectivity index (χ1n) is 6.50. The van der Waals surface area contributed by atoms with Crippen LogP contribution >= 0.6 is 0 Å². The number of carbonyl (C=O) groups excluding carboxylic acids is 1. The summed E-state index contributed by atoms with van der Waals surface area (Å²) in [5.41, 5.74) is 5.72. The van der Waals surface area contributed by atoms with Crippen LogP contribution in [0, 0.1) is 5.41 Å². The third-order valence-electron chi connectivity index (χ3n) is 3.03. The maximum atomic E-state index is 11.9. The molecule has 1 amide bonds. The summed E-state index contributed by atoms with van der Waals surface area (Å²) >= 11 is 0. The van der Waals surface area contributed by atoms with Gasteiger partial charge in [0.15, 0.2) is 0 Å². The molecule has 0 fully saturated rings. The van der Waals surface area contributed by atoms with Crippen molar-refractivity contribution < 1.29 is 4.79 Å². The molecular formula is C13H29N3O. The van der Waals surface area contributed by atoms with Crippen LogP contribution in [0.5, 0.6) is 0 Å². The molecule has 0 radical (unpaired) electrons. The van der Waals surface area contributed by atoms with Gasteiger partial charge in [0.2, 0.25) is 5.91 Å². The van der Waals surface area contributed by atoms with Crippen molar-refractivity contribution in [3.05, 3.63) is 0 Å². The zero-order chi connectivity index (χ0) is 13.6. The van der Waals surface area contributed by atoms with Gasteiger partial charge in [0.05, 0.1) is 6.04 Å². The Morgan fingerprint density at radius 3 is 2.12 bits per heavy atom. The molecule has 0 saturated heterocycles. The molecule has 0 spiro atoms. The molecule has 0 aliphatic carbocycles. The Morgan fingerprint density at radius 2 is 1.76 bits per heavy atom. The second kappa shape index (κ2) is 6.97. The van der Waals surface area contributed by atoms with Crippen LogP contribution in [0.3, 0.4) is 0 Å². The van der Waals surface area contributed by atoms with Crippen LogP contribution in [-0.2, 0) is 4.79 Å².